The Bertz CT molecular complexity index is 508. The predicted octanol–water partition coefficient (Wildman–Crippen LogP) is 3.30. The maximum Gasteiger partial charge on any atom is 0.146 e. The van der Waals surface area contributed by atoms with Crippen molar-refractivity contribution in [2.24, 2.45) is 0 Å². The maximum absolute atomic E-state index is 13.2. The highest BCUT2D eigenvalue weighted by Gasteiger charge is 2.01. The lowest BCUT2D eigenvalue weighted by atomic mass is 10.2. The molecule has 0 saturated heterocycles. The molecule has 3 heteroatoms. The molecule has 0 aliphatic carbocycles. The molecule has 0 atom stereocenters. The van der Waals surface area contributed by atoms with Gasteiger partial charge in [-0.3, -0.25) is 0 Å². The average molecular weight is 231 g/mol. The van der Waals surface area contributed by atoms with Crippen molar-refractivity contribution < 1.29 is 9.13 Å². The number of hydrogen-bond donors (Lipinski definition) is 1. The van der Waals surface area contributed by atoms with E-state index in [4.69, 9.17) is 10.5 Å². The minimum absolute atomic E-state index is 0.157. The van der Waals surface area contributed by atoms with E-state index in [0.717, 1.165) is 11.3 Å². The first-order valence-corrected chi connectivity index (χ1v) is 5.38. The number of nitrogens with two attached hydrogens (primary N) is 1. The summed E-state index contributed by atoms with van der Waals surface area (Å²) in [6, 6.07) is 12.4. The minimum atomic E-state index is -0.407. The summed E-state index contributed by atoms with van der Waals surface area (Å²) >= 11 is 0. The third kappa shape index (κ3) is 2.97. The second kappa shape index (κ2) is 4.87. The maximum atomic E-state index is 13.2. The van der Waals surface area contributed by atoms with Gasteiger partial charge in [0, 0.05) is 0 Å². The predicted molar refractivity (Wildman–Crippen MR) is 66.3 cm³/mol. The molecule has 0 saturated carbocycles. The quantitative estimate of drug-likeness (QED) is 0.822. The van der Waals surface area contributed by atoms with Crippen LogP contribution in [0.1, 0.15) is 11.1 Å². The molecule has 0 aliphatic heterocycles. The Morgan fingerprint density at radius 3 is 2.47 bits per heavy atom. The number of benzene rings is 2. The van der Waals surface area contributed by atoms with E-state index >= 15 is 0 Å². The Hall–Kier alpha value is -2.03. The normalized spacial score (nSPS) is 10.2. The molecule has 0 spiro atoms. The Morgan fingerprint density at radius 1 is 1.12 bits per heavy atom. The van der Waals surface area contributed by atoms with E-state index < -0.39 is 5.82 Å². The highest BCUT2D eigenvalue weighted by atomic mass is 19.1. The third-order valence-corrected chi connectivity index (χ3v) is 2.49. The number of aryl methyl sites for hydroxylation is 1. The molecule has 0 aliphatic rings. The first-order valence-electron chi connectivity index (χ1n) is 5.38. The smallest absolute Gasteiger partial charge is 0.146 e. The van der Waals surface area contributed by atoms with Gasteiger partial charge in [-0.25, -0.2) is 4.39 Å². The Balaban J connectivity index is 2.02. The highest BCUT2D eigenvalue weighted by molar-refractivity contribution is 5.41. The van der Waals surface area contributed by atoms with E-state index in [-0.39, 0.29) is 5.69 Å². The van der Waals surface area contributed by atoms with Gasteiger partial charge in [0.15, 0.2) is 0 Å². The number of halogens is 1. The van der Waals surface area contributed by atoms with Crippen LogP contribution in [0.5, 0.6) is 5.75 Å². The molecule has 0 bridgehead atoms. The first-order chi connectivity index (χ1) is 8.15. The van der Waals surface area contributed by atoms with Gasteiger partial charge in [-0.05, 0) is 36.8 Å². The molecule has 0 amide bonds. The summed E-state index contributed by atoms with van der Waals surface area (Å²) < 4.78 is 18.7. The van der Waals surface area contributed by atoms with Crippen LogP contribution in [-0.2, 0) is 6.61 Å². The van der Waals surface area contributed by atoms with Crippen LogP contribution in [0.15, 0.2) is 42.5 Å². The fraction of sp³-hybridized carbons (Fsp3) is 0.143. The Morgan fingerprint density at radius 2 is 1.82 bits per heavy atom. The monoisotopic (exact) mass is 231 g/mol. The SMILES string of the molecule is Cc1ccc(OCc2ccc(N)c(F)c2)cc1. The molecule has 0 unspecified atom stereocenters. The molecule has 2 aromatic carbocycles. The van der Waals surface area contributed by atoms with Crippen LogP contribution in [0, 0.1) is 12.7 Å². The van der Waals surface area contributed by atoms with Gasteiger partial charge < -0.3 is 10.5 Å². The van der Waals surface area contributed by atoms with Crippen molar-refractivity contribution >= 4 is 5.69 Å². The number of rotatable bonds is 3. The van der Waals surface area contributed by atoms with E-state index in [0.29, 0.717) is 6.61 Å². The number of nitrogen functional groups attached to an aromatic ring is 1. The van der Waals surface area contributed by atoms with Gasteiger partial charge >= 0.3 is 0 Å². The van der Waals surface area contributed by atoms with Crippen LogP contribution >= 0.6 is 0 Å². The van der Waals surface area contributed by atoms with Crippen molar-refractivity contribution in [1.82, 2.24) is 0 Å². The van der Waals surface area contributed by atoms with Crippen molar-refractivity contribution in [1.29, 1.82) is 0 Å². The first kappa shape index (κ1) is 11.5. The lowest BCUT2D eigenvalue weighted by molar-refractivity contribution is 0.305. The molecular formula is C14H14FNO. The van der Waals surface area contributed by atoms with E-state index in [1.54, 1.807) is 12.1 Å². The zero-order valence-corrected chi connectivity index (χ0v) is 9.61. The van der Waals surface area contributed by atoms with Gasteiger partial charge in [0.05, 0.1) is 5.69 Å². The summed E-state index contributed by atoms with van der Waals surface area (Å²) in [6.07, 6.45) is 0. The molecule has 0 aromatic heterocycles. The van der Waals surface area contributed by atoms with Crippen LogP contribution in [0.4, 0.5) is 10.1 Å². The molecule has 2 nitrogen and oxygen atoms in total. The van der Waals surface area contributed by atoms with Gasteiger partial charge in [-0.15, -0.1) is 0 Å². The van der Waals surface area contributed by atoms with Crippen LogP contribution in [-0.4, -0.2) is 0 Å². The molecule has 2 N–H and O–H groups in total. The number of hydrogen-bond acceptors (Lipinski definition) is 2. The van der Waals surface area contributed by atoms with E-state index in [1.165, 1.54) is 11.6 Å². The summed E-state index contributed by atoms with van der Waals surface area (Å²) in [5, 5.41) is 0. The number of ether oxygens (including phenoxy) is 1. The second-order valence-electron chi connectivity index (χ2n) is 3.96. The molecule has 88 valence electrons. The van der Waals surface area contributed by atoms with Crippen LogP contribution in [0.25, 0.3) is 0 Å². The van der Waals surface area contributed by atoms with Crippen molar-refractivity contribution in [3.05, 3.63) is 59.4 Å². The molecule has 2 rings (SSSR count). The average Bonchev–Trinajstić information content (AvgIpc) is 2.33. The van der Waals surface area contributed by atoms with E-state index in [9.17, 15) is 4.39 Å². The largest absolute Gasteiger partial charge is 0.489 e. The molecule has 2 aromatic rings. The zero-order chi connectivity index (χ0) is 12.3. The van der Waals surface area contributed by atoms with Crippen molar-refractivity contribution in [3.8, 4) is 5.75 Å². The van der Waals surface area contributed by atoms with Gasteiger partial charge in [-0.2, -0.15) is 0 Å². The van der Waals surface area contributed by atoms with E-state index in [2.05, 4.69) is 0 Å². The van der Waals surface area contributed by atoms with Gasteiger partial charge in [0.1, 0.15) is 18.2 Å². The van der Waals surface area contributed by atoms with Gasteiger partial charge in [0.25, 0.3) is 0 Å². The molecule has 0 heterocycles. The minimum Gasteiger partial charge on any atom is -0.489 e. The summed E-state index contributed by atoms with van der Waals surface area (Å²) in [7, 11) is 0. The second-order valence-corrected chi connectivity index (χ2v) is 3.96. The zero-order valence-electron chi connectivity index (χ0n) is 9.61. The topological polar surface area (TPSA) is 35.2 Å². The number of anilines is 1. The van der Waals surface area contributed by atoms with Crippen LogP contribution in [0.3, 0.4) is 0 Å². The Kier molecular flexibility index (Phi) is 3.28. The highest BCUT2D eigenvalue weighted by Crippen LogP contribution is 2.16. The van der Waals surface area contributed by atoms with Crippen LogP contribution in [0.2, 0.25) is 0 Å². The van der Waals surface area contributed by atoms with Crippen molar-refractivity contribution in [3.63, 3.8) is 0 Å². The molecular weight excluding hydrogens is 217 g/mol. The summed E-state index contributed by atoms with van der Waals surface area (Å²) in [4.78, 5) is 0. The van der Waals surface area contributed by atoms with Crippen LogP contribution < -0.4 is 10.5 Å². The van der Waals surface area contributed by atoms with Crippen molar-refractivity contribution in [2.75, 3.05) is 5.73 Å². The fourth-order valence-electron chi connectivity index (χ4n) is 1.46. The third-order valence-electron chi connectivity index (χ3n) is 2.49. The summed E-state index contributed by atoms with van der Waals surface area (Å²) in [5.74, 6) is 0.364. The molecule has 17 heavy (non-hydrogen) atoms. The lowest BCUT2D eigenvalue weighted by Gasteiger charge is -2.07. The fourth-order valence-corrected chi connectivity index (χ4v) is 1.46. The van der Waals surface area contributed by atoms with Crippen molar-refractivity contribution in [2.45, 2.75) is 13.5 Å². The molecule has 0 radical (unpaired) electrons. The summed E-state index contributed by atoms with van der Waals surface area (Å²) in [5.41, 5.74) is 7.49. The van der Waals surface area contributed by atoms with Gasteiger partial charge in [-0.1, -0.05) is 23.8 Å². The summed E-state index contributed by atoms with van der Waals surface area (Å²) in [6.45, 7) is 2.35. The lowest BCUT2D eigenvalue weighted by Crippen LogP contribution is -1.98. The van der Waals surface area contributed by atoms with E-state index in [1.807, 2.05) is 31.2 Å². The Labute approximate surface area is 99.8 Å². The van der Waals surface area contributed by atoms with Gasteiger partial charge in [0.2, 0.25) is 0 Å². The standard InChI is InChI=1S/C14H14FNO/c1-10-2-5-12(6-3-10)17-9-11-4-7-14(16)13(15)8-11/h2-8H,9,16H2,1H3. The molecule has 0 fully saturated rings.